The number of hydrogen-bond donors (Lipinski definition) is 1. The Morgan fingerprint density at radius 3 is 2.42 bits per heavy atom. The lowest BCUT2D eigenvalue weighted by Crippen LogP contribution is -2.39. The molecule has 0 aromatic heterocycles. The van der Waals surface area contributed by atoms with Gasteiger partial charge in [-0.2, -0.15) is 0 Å². The number of allylic oxidation sites excluding steroid dienone is 1. The molecule has 1 fully saturated rings. The first-order valence-corrected chi connectivity index (χ1v) is 10.5. The van der Waals surface area contributed by atoms with Crippen molar-refractivity contribution in [1.29, 1.82) is 0 Å². The van der Waals surface area contributed by atoms with E-state index in [1.165, 1.54) is 56.9 Å². The minimum Gasteiger partial charge on any atom is -0.377 e. The molecule has 1 aliphatic rings. The standard InChI is InChI=1S/C22H43NO/c1-6-9-19(10-7-2)17-24-21-16-20(11-13-22(21,4)5)15-18(8-3)12-14-23/h12,19-21H,6-11,13-17,23H2,1-5H3/b18-12-/t20?,21-/m1/s1. The normalized spacial score (nSPS) is 24.5. The van der Waals surface area contributed by atoms with E-state index in [0.717, 1.165) is 24.9 Å². The van der Waals surface area contributed by atoms with E-state index in [9.17, 15) is 0 Å². The Morgan fingerprint density at radius 1 is 1.21 bits per heavy atom. The summed E-state index contributed by atoms with van der Waals surface area (Å²) in [6.45, 7) is 13.3. The molecule has 2 heteroatoms. The van der Waals surface area contributed by atoms with Crippen LogP contribution in [0.4, 0.5) is 0 Å². The van der Waals surface area contributed by atoms with Gasteiger partial charge in [0.2, 0.25) is 0 Å². The molecule has 24 heavy (non-hydrogen) atoms. The van der Waals surface area contributed by atoms with Crippen LogP contribution in [0.25, 0.3) is 0 Å². The predicted molar refractivity (Wildman–Crippen MR) is 106 cm³/mol. The lowest BCUT2D eigenvalue weighted by molar-refractivity contribution is -0.0776. The van der Waals surface area contributed by atoms with Crippen molar-refractivity contribution >= 4 is 0 Å². The summed E-state index contributed by atoms with van der Waals surface area (Å²) in [5.41, 5.74) is 7.58. The number of rotatable bonds is 11. The fourth-order valence-electron chi connectivity index (χ4n) is 4.24. The van der Waals surface area contributed by atoms with Crippen LogP contribution in [0, 0.1) is 17.3 Å². The van der Waals surface area contributed by atoms with Crippen LogP contribution in [0.2, 0.25) is 0 Å². The van der Waals surface area contributed by atoms with Gasteiger partial charge in [0.15, 0.2) is 0 Å². The van der Waals surface area contributed by atoms with Gasteiger partial charge in [-0.3, -0.25) is 0 Å². The zero-order chi connectivity index (χ0) is 18.0. The van der Waals surface area contributed by atoms with E-state index >= 15 is 0 Å². The van der Waals surface area contributed by atoms with Crippen LogP contribution >= 0.6 is 0 Å². The van der Waals surface area contributed by atoms with Crippen molar-refractivity contribution < 1.29 is 4.74 Å². The van der Waals surface area contributed by atoms with Crippen LogP contribution in [-0.2, 0) is 4.74 Å². The Balaban J connectivity index is 2.60. The van der Waals surface area contributed by atoms with E-state index in [0.29, 0.717) is 18.1 Å². The molecule has 0 heterocycles. The Kier molecular flexibility index (Phi) is 10.2. The van der Waals surface area contributed by atoms with Crippen molar-refractivity contribution in [3.05, 3.63) is 11.6 Å². The SMILES string of the molecule is CCCC(CCC)CO[C@@H]1CC(C/C(=C\CN)CC)CCC1(C)C. The molecule has 2 N–H and O–H groups in total. The second kappa shape index (κ2) is 11.3. The molecule has 0 saturated heterocycles. The molecule has 1 unspecified atom stereocenters. The topological polar surface area (TPSA) is 35.2 Å². The molecule has 0 aromatic carbocycles. The van der Waals surface area contributed by atoms with Gasteiger partial charge in [0.05, 0.1) is 6.10 Å². The Hall–Kier alpha value is -0.340. The summed E-state index contributed by atoms with van der Waals surface area (Å²) >= 11 is 0. The Morgan fingerprint density at radius 2 is 1.88 bits per heavy atom. The molecule has 2 nitrogen and oxygen atoms in total. The number of nitrogens with two attached hydrogens (primary N) is 1. The van der Waals surface area contributed by atoms with Crippen molar-refractivity contribution in [3.63, 3.8) is 0 Å². The third-order valence-electron chi connectivity index (χ3n) is 5.95. The van der Waals surface area contributed by atoms with Crippen molar-refractivity contribution in [2.75, 3.05) is 13.2 Å². The third kappa shape index (κ3) is 7.27. The number of hydrogen-bond acceptors (Lipinski definition) is 2. The predicted octanol–water partition coefficient (Wildman–Crippen LogP) is 6.10. The molecule has 0 bridgehead atoms. The summed E-state index contributed by atoms with van der Waals surface area (Å²) in [5, 5.41) is 0. The lowest BCUT2D eigenvalue weighted by Gasteiger charge is -2.42. The Bertz CT molecular complexity index is 355. The summed E-state index contributed by atoms with van der Waals surface area (Å²) in [7, 11) is 0. The molecule has 1 saturated carbocycles. The van der Waals surface area contributed by atoms with Gasteiger partial charge < -0.3 is 10.5 Å². The Labute approximate surface area is 151 Å². The van der Waals surface area contributed by atoms with Gasteiger partial charge in [0.25, 0.3) is 0 Å². The van der Waals surface area contributed by atoms with Gasteiger partial charge in [0.1, 0.15) is 0 Å². The molecular weight excluding hydrogens is 294 g/mol. The quantitative estimate of drug-likeness (QED) is 0.462. The highest BCUT2D eigenvalue weighted by Crippen LogP contribution is 2.42. The largest absolute Gasteiger partial charge is 0.377 e. The molecule has 0 radical (unpaired) electrons. The fraction of sp³-hybridized carbons (Fsp3) is 0.909. The maximum Gasteiger partial charge on any atom is 0.0628 e. The summed E-state index contributed by atoms with van der Waals surface area (Å²) in [6.07, 6.45) is 14.0. The maximum atomic E-state index is 6.53. The first kappa shape index (κ1) is 21.7. The first-order chi connectivity index (χ1) is 11.5. The fourth-order valence-corrected chi connectivity index (χ4v) is 4.24. The van der Waals surface area contributed by atoms with Gasteiger partial charge in [-0.1, -0.05) is 59.1 Å². The zero-order valence-electron chi connectivity index (χ0n) is 17.1. The zero-order valence-corrected chi connectivity index (χ0v) is 17.1. The molecule has 0 aliphatic heterocycles. The van der Waals surface area contributed by atoms with E-state index in [1.54, 1.807) is 0 Å². The minimum absolute atomic E-state index is 0.323. The second-order valence-corrected chi connectivity index (χ2v) is 8.55. The van der Waals surface area contributed by atoms with E-state index in [-0.39, 0.29) is 0 Å². The van der Waals surface area contributed by atoms with E-state index in [1.807, 2.05) is 0 Å². The van der Waals surface area contributed by atoms with E-state index in [4.69, 9.17) is 10.5 Å². The third-order valence-corrected chi connectivity index (χ3v) is 5.95. The summed E-state index contributed by atoms with van der Waals surface area (Å²) in [4.78, 5) is 0. The molecule has 142 valence electrons. The molecule has 1 aliphatic carbocycles. The molecule has 0 amide bonds. The van der Waals surface area contributed by atoms with E-state index in [2.05, 4.69) is 40.7 Å². The molecular formula is C22H43NO. The van der Waals surface area contributed by atoms with Crippen LogP contribution in [0.5, 0.6) is 0 Å². The van der Waals surface area contributed by atoms with Gasteiger partial charge in [0, 0.05) is 13.2 Å². The highest BCUT2D eigenvalue weighted by molar-refractivity contribution is 5.04. The average Bonchev–Trinajstić information content (AvgIpc) is 2.54. The smallest absolute Gasteiger partial charge is 0.0628 e. The van der Waals surface area contributed by atoms with Crippen molar-refractivity contribution in [1.82, 2.24) is 0 Å². The molecule has 0 aromatic rings. The second-order valence-electron chi connectivity index (χ2n) is 8.55. The number of ether oxygens (including phenoxy) is 1. The monoisotopic (exact) mass is 337 g/mol. The van der Waals surface area contributed by atoms with Crippen LogP contribution in [0.3, 0.4) is 0 Å². The first-order valence-electron chi connectivity index (χ1n) is 10.5. The highest BCUT2D eigenvalue weighted by atomic mass is 16.5. The van der Waals surface area contributed by atoms with Crippen LogP contribution in [-0.4, -0.2) is 19.3 Å². The van der Waals surface area contributed by atoms with Gasteiger partial charge in [-0.05, 0) is 62.2 Å². The summed E-state index contributed by atoms with van der Waals surface area (Å²) < 4.78 is 6.53. The molecule has 0 spiro atoms. The van der Waals surface area contributed by atoms with Crippen LogP contribution < -0.4 is 5.73 Å². The average molecular weight is 338 g/mol. The van der Waals surface area contributed by atoms with Crippen LogP contribution in [0.1, 0.15) is 92.4 Å². The van der Waals surface area contributed by atoms with E-state index < -0.39 is 0 Å². The highest BCUT2D eigenvalue weighted by Gasteiger charge is 2.37. The van der Waals surface area contributed by atoms with Gasteiger partial charge in [-0.25, -0.2) is 0 Å². The minimum atomic E-state index is 0.323. The van der Waals surface area contributed by atoms with Crippen LogP contribution in [0.15, 0.2) is 11.6 Å². The molecule has 2 atom stereocenters. The van der Waals surface area contributed by atoms with Gasteiger partial charge in [-0.15, -0.1) is 0 Å². The van der Waals surface area contributed by atoms with Crippen molar-refractivity contribution in [3.8, 4) is 0 Å². The van der Waals surface area contributed by atoms with Crippen molar-refractivity contribution in [2.24, 2.45) is 23.0 Å². The summed E-state index contributed by atoms with van der Waals surface area (Å²) in [5.74, 6) is 1.52. The molecule has 1 rings (SSSR count). The lowest BCUT2D eigenvalue weighted by atomic mass is 9.69. The summed E-state index contributed by atoms with van der Waals surface area (Å²) in [6, 6.07) is 0. The maximum absolute atomic E-state index is 6.53. The van der Waals surface area contributed by atoms with Crippen molar-refractivity contribution in [2.45, 2.75) is 98.5 Å². The van der Waals surface area contributed by atoms with Gasteiger partial charge >= 0.3 is 0 Å².